The molecule has 1 atom stereocenters. The Kier molecular flexibility index (Phi) is 4.65. The second kappa shape index (κ2) is 6.28. The maximum absolute atomic E-state index is 13.8. The average Bonchev–Trinajstić information content (AvgIpc) is 2.46. The van der Waals surface area contributed by atoms with Crippen molar-refractivity contribution >= 4 is 11.6 Å². The Hall–Kier alpha value is -1.85. The van der Waals surface area contributed by atoms with E-state index in [1.54, 1.807) is 6.07 Å². The molecule has 2 N–H and O–H groups in total. The van der Waals surface area contributed by atoms with E-state index in [1.807, 2.05) is 0 Å². The molecule has 21 heavy (non-hydrogen) atoms. The molecule has 0 saturated heterocycles. The molecule has 0 spiro atoms. The molecule has 0 aliphatic heterocycles. The van der Waals surface area contributed by atoms with E-state index in [9.17, 15) is 8.78 Å². The van der Waals surface area contributed by atoms with E-state index in [2.05, 4.69) is 0 Å². The van der Waals surface area contributed by atoms with Crippen molar-refractivity contribution in [1.29, 1.82) is 0 Å². The van der Waals surface area contributed by atoms with Crippen LogP contribution in [0.4, 0.5) is 8.78 Å². The van der Waals surface area contributed by atoms with E-state index in [0.717, 1.165) is 12.1 Å². The van der Waals surface area contributed by atoms with Crippen LogP contribution in [0.1, 0.15) is 17.2 Å². The van der Waals surface area contributed by atoms with Gasteiger partial charge in [0, 0.05) is 22.7 Å². The van der Waals surface area contributed by atoms with Gasteiger partial charge in [-0.3, -0.25) is 0 Å². The van der Waals surface area contributed by atoms with Gasteiger partial charge < -0.3 is 15.2 Å². The molecule has 2 aromatic carbocycles. The van der Waals surface area contributed by atoms with Gasteiger partial charge in [0.05, 0.1) is 20.3 Å². The van der Waals surface area contributed by atoms with Crippen LogP contribution in [0.5, 0.6) is 11.5 Å². The largest absolute Gasteiger partial charge is 0.493 e. The predicted molar refractivity (Wildman–Crippen MR) is 76.9 cm³/mol. The average molecular weight is 314 g/mol. The summed E-state index contributed by atoms with van der Waals surface area (Å²) in [6.07, 6.45) is 0. The number of methoxy groups -OCH3 is 2. The van der Waals surface area contributed by atoms with Crippen LogP contribution in [0.2, 0.25) is 5.02 Å². The fourth-order valence-corrected chi connectivity index (χ4v) is 2.30. The molecule has 0 aliphatic rings. The molecule has 0 aromatic heterocycles. The first-order chi connectivity index (χ1) is 9.97. The second-order valence-electron chi connectivity index (χ2n) is 4.37. The van der Waals surface area contributed by atoms with Crippen LogP contribution < -0.4 is 15.2 Å². The van der Waals surface area contributed by atoms with Crippen LogP contribution in [-0.2, 0) is 0 Å². The number of halogens is 3. The lowest BCUT2D eigenvalue weighted by atomic mass is 9.98. The Bertz CT molecular complexity index is 664. The van der Waals surface area contributed by atoms with Crippen LogP contribution in [0.25, 0.3) is 0 Å². The summed E-state index contributed by atoms with van der Waals surface area (Å²) in [5.41, 5.74) is 6.64. The van der Waals surface area contributed by atoms with Crippen molar-refractivity contribution in [3.63, 3.8) is 0 Å². The van der Waals surface area contributed by atoms with Gasteiger partial charge in [0.2, 0.25) is 0 Å². The fourth-order valence-electron chi connectivity index (χ4n) is 2.03. The van der Waals surface area contributed by atoms with Gasteiger partial charge >= 0.3 is 0 Å². The Balaban J connectivity index is 2.50. The Morgan fingerprint density at radius 3 is 2.19 bits per heavy atom. The molecule has 6 heteroatoms. The van der Waals surface area contributed by atoms with Crippen molar-refractivity contribution in [3.8, 4) is 11.5 Å². The summed E-state index contributed by atoms with van der Waals surface area (Å²) in [6, 6.07) is 5.49. The molecule has 3 nitrogen and oxygen atoms in total. The molecule has 0 fully saturated rings. The molecule has 112 valence electrons. The van der Waals surface area contributed by atoms with Gasteiger partial charge in [0.25, 0.3) is 0 Å². The van der Waals surface area contributed by atoms with Gasteiger partial charge in [0.1, 0.15) is 11.6 Å². The molecule has 0 saturated carbocycles. The molecule has 2 rings (SSSR count). The van der Waals surface area contributed by atoms with Crippen molar-refractivity contribution in [2.45, 2.75) is 6.04 Å². The zero-order valence-electron chi connectivity index (χ0n) is 11.5. The van der Waals surface area contributed by atoms with Crippen molar-refractivity contribution in [1.82, 2.24) is 0 Å². The monoisotopic (exact) mass is 313 g/mol. The van der Waals surface area contributed by atoms with Crippen molar-refractivity contribution < 1.29 is 18.3 Å². The highest BCUT2D eigenvalue weighted by molar-refractivity contribution is 6.31. The normalized spacial score (nSPS) is 12.1. The molecule has 1 unspecified atom stereocenters. The van der Waals surface area contributed by atoms with Gasteiger partial charge in [-0.05, 0) is 17.7 Å². The summed E-state index contributed by atoms with van der Waals surface area (Å²) in [6.45, 7) is 0. The quantitative estimate of drug-likeness (QED) is 0.936. The van der Waals surface area contributed by atoms with Crippen molar-refractivity contribution in [2.24, 2.45) is 5.73 Å². The fraction of sp³-hybridized carbons (Fsp3) is 0.200. The number of hydrogen-bond acceptors (Lipinski definition) is 3. The summed E-state index contributed by atoms with van der Waals surface area (Å²) in [5.74, 6) is -0.525. The molecule has 0 bridgehead atoms. The molecular weight excluding hydrogens is 300 g/mol. The summed E-state index contributed by atoms with van der Waals surface area (Å²) < 4.78 is 37.1. The standard InChI is InChI=1S/C15H14ClF2NO2/c1-20-13-6-10(11(16)7-14(13)21-2)15(19)9-4-3-8(17)5-12(9)18/h3-7,15H,19H2,1-2H3. The van der Waals surface area contributed by atoms with E-state index in [0.29, 0.717) is 22.1 Å². The van der Waals surface area contributed by atoms with E-state index in [1.165, 1.54) is 26.4 Å². The molecule has 0 heterocycles. The molecule has 0 aliphatic carbocycles. The first-order valence-corrected chi connectivity index (χ1v) is 6.47. The number of rotatable bonds is 4. The Morgan fingerprint density at radius 2 is 1.62 bits per heavy atom. The summed E-state index contributed by atoms with van der Waals surface area (Å²) in [7, 11) is 2.95. The van der Waals surface area contributed by atoms with Crippen LogP contribution >= 0.6 is 11.6 Å². The smallest absolute Gasteiger partial charge is 0.162 e. The molecular formula is C15H14ClF2NO2. The lowest BCUT2D eigenvalue weighted by molar-refractivity contribution is 0.354. The first-order valence-electron chi connectivity index (χ1n) is 6.10. The summed E-state index contributed by atoms with van der Waals surface area (Å²) in [5, 5.41) is 0.309. The highest BCUT2D eigenvalue weighted by Gasteiger charge is 2.19. The number of benzene rings is 2. The van der Waals surface area contributed by atoms with Crippen LogP contribution in [0, 0.1) is 11.6 Å². The van der Waals surface area contributed by atoms with Gasteiger partial charge in [-0.2, -0.15) is 0 Å². The van der Waals surface area contributed by atoms with E-state index in [-0.39, 0.29) is 5.56 Å². The second-order valence-corrected chi connectivity index (χ2v) is 4.78. The van der Waals surface area contributed by atoms with E-state index >= 15 is 0 Å². The van der Waals surface area contributed by atoms with E-state index < -0.39 is 17.7 Å². The molecule has 0 radical (unpaired) electrons. The van der Waals surface area contributed by atoms with Gasteiger partial charge in [0.15, 0.2) is 11.5 Å². The van der Waals surface area contributed by atoms with Crippen molar-refractivity contribution in [2.75, 3.05) is 14.2 Å². The van der Waals surface area contributed by atoms with Crippen LogP contribution in [0.3, 0.4) is 0 Å². The minimum atomic E-state index is -0.849. The van der Waals surface area contributed by atoms with Gasteiger partial charge in [-0.15, -0.1) is 0 Å². The minimum Gasteiger partial charge on any atom is -0.493 e. The van der Waals surface area contributed by atoms with Gasteiger partial charge in [-0.1, -0.05) is 17.7 Å². The maximum Gasteiger partial charge on any atom is 0.162 e. The Morgan fingerprint density at radius 1 is 1.00 bits per heavy atom. The summed E-state index contributed by atoms with van der Waals surface area (Å²) >= 11 is 6.15. The van der Waals surface area contributed by atoms with E-state index in [4.69, 9.17) is 26.8 Å². The number of ether oxygens (including phenoxy) is 2. The molecule has 2 aromatic rings. The minimum absolute atomic E-state index is 0.144. The zero-order valence-corrected chi connectivity index (χ0v) is 12.2. The zero-order chi connectivity index (χ0) is 15.6. The number of nitrogens with two attached hydrogens (primary N) is 1. The number of hydrogen-bond donors (Lipinski definition) is 1. The SMILES string of the molecule is COc1cc(Cl)c(C(N)c2ccc(F)cc2F)cc1OC. The maximum atomic E-state index is 13.8. The topological polar surface area (TPSA) is 44.5 Å². The van der Waals surface area contributed by atoms with Crippen molar-refractivity contribution in [3.05, 3.63) is 58.1 Å². The Labute approximate surface area is 126 Å². The van der Waals surface area contributed by atoms with Crippen LogP contribution in [0.15, 0.2) is 30.3 Å². The third-order valence-electron chi connectivity index (χ3n) is 3.14. The lowest BCUT2D eigenvalue weighted by Crippen LogP contribution is -2.14. The third-order valence-corrected chi connectivity index (χ3v) is 3.46. The highest BCUT2D eigenvalue weighted by atomic mass is 35.5. The predicted octanol–water partition coefficient (Wildman–Crippen LogP) is 3.68. The first kappa shape index (κ1) is 15.5. The molecule has 0 amide bonds. The van der Waals surface area contributed by atoms with Gasteiger partial charge in [-0.25, -0.2) is 8.78 Å². The highest BCUT2D eigenvalue weighted by Crippen LogP contribution is 2.37. The van der Waals surface area contributed by atoms with Crippen LogP contribution in [-0.4, -0.2) is 14.2 Å². The third kappa shape index (κ3) is 3.09. The lowest BCUT2D eigenvalue weighted by Gasteiger charge is -2.17. The summed E-state index contributed by atoms with van der Waals surface area (Å²) in [4.78, 5) is 0.